The third kappa shape index (κ3) is 2.82. The second-order valence-corrected chi connectivity index (χ2v) is 3.07. The number of amides is 1. The fourth-order valence-corrected chi connectivity index (χ4v) is 1.06. The Morgan fingerprint density at radius 2 is 2.33 bits per heavy atom. The first-order valence-electron chi connectivity index (χ1n) is 3.89. The van der Waals surface area contributed by atoms with Gasteiger partial charge in [-0.15, -0.1) is 0 Å². The summed E-state index contributed by atoms with van der Waals surface area (Å²) in [5, 5.41) is 19.3. The maximum absolute atomic E-state index is 13.1. The summed E-state index contributed by atoms with van der Waals surface area (Å²) >= 11 is 5.51. The Hall–Kier alpha value is -1.80. The first kappa shape index (κ1) is 11.3. The van der Waals surface area contributed by atoms with Gasteiger partial charge in [-0.3, -0.25) is 4.79 Å². The third-order valence-corrected chi connectivity index (χ3v) is 1.85. The number of nitriles is 1. The second kappa shape index (κ2) is 4.62. The van der Waals surface area contributed by atoms with Gasteiger partial charge in [0.1, 0.15) is 18.0 Å². The molecule has 78 valence electrons. The number of phenols is 1. The first-order chi connectivity index (χ1) is 7.04. The number of carbonyl (C=O) groups excluding carboxylic acids is 1. The summed E-state index contributed by atoms with van der Waals surface area (Å²) in [4.78, 5) is 11.0. The van der Waals surface area contributed by atoms with Crippen LogP contribution in [0.5, 0.6) is 5.75 Å². The fraction of sp³-hybridized carbons (Fsp3) is 0.111. The van der Waals surface area contributed by atoms with Crippen LogP contribution in [0.25, 0.3) is 0 Å². The highest BCUT2D eigenvalue weighted by Gasteiger charge is 2.10. The van der Waals surface area contributed by atoms with Crippen LogP contribution in [0.15, 0.2) is 12.1 Å². The topological polar surface area (TPSA) is 73.1 Å². The number of nitrogens with zero attached hydrogens (tertiary/aromatic N) is 1. The van der Waals surface area contributed by atoms with E-state index in [0.717, 1.165) is 12.1 Å². The van der Waals surface area contributed by atoms with E-state index in [0.29, 0.717) is 0 Å². The van der Waals surface area contributed by atoms with Crippen LogP contribution >= 0.6 is 11.6 Å². The standard InChI is InChI=1S/C9H6ClFN2O2/c10-5-3-7(6(11)4-8(5)14)13-9(15)1-2-12/h3-4,14H,1H2,(H,13,15). The number of halogens is 2. The largest absolute Gasteiger partial charge is 0.506 e. The Labute approximate surface area is 89.9 Å². The van der Waals surface area contributed by atoms with Crippen molar-refractivity contribution in [2.24, 2.45) is 0 Å². The van der Waals surface area contributed by atoms with Gasteiger partial charge in [-0.1, -0.05) is 11.6 Å². The zero-order valence-corrected chi connectivity index (χ0v) is 8.18. The molecule has 0 saturated carbocycles. The van der Waals surface area contributed by atoms with Gasteiger partial charge in [0.15, 0.2) is 0 Å². The predicted octanol–water partition coefficient (Wildman–Crippen LogP) is 2.04. The summed E-state index contributed by atoms with van der Waals surface area (Å²) in [6.07, 6.45) is -0.377. The van der Waals surface area contributed by atoms with Gasteiger partial charge in [0, 0.05) is 6.07 Å². The van der Waals surface area contributed by atoms with E-state index in [1.165, 1.54) is 0 Å². The molecule has 0 aliphatic carbocycles. The van der Waals surface area contributed by atoms with Crippen LogP contribution in [-0.4, -0.2) is 11.0 Å². The van der Waals surface area contributed by atoms with Gasteiger partial charge in [0.25, 0.3) is 0 Å². The van der Waals surface area contributed by atoms with Crippen molar-refractivity contribution in [2.75, 3.05) is 5.32 Å². The highest BCUT2D eigenvalue weighted by Crippen LogP contribution is 2.29. The van der Waals surface area contributed by atoms with E-state index in [4.69, 9.17) is 22.0 Å². The molecule has 4 nitrogen and oxygen atoms in total. The molecule has 0 radical (unpaired) electrons. The summed E-state index contributed by atoms with van der Waals surface area (Å²) in [5.74, 6) is -1.87. The Morgan fingerprint density at radius 1 is 1.67 bits per heavy atom. The van der Waals surface area contributed by atoms with Crippen molar-refractivity contribution in [3.05, 3.63) is 23.0 Å². The van der Waals surface area contributed by atoms with Crippen molar-refractivity contribution in [3.63, 3.8) is 0 Å². The molecule has 1 amide bonds. The van der Waals surface area contributed by atoms with Crippen LogP contribution in [0.1, 0.15) is 6.42 Å². The first-order valence-corrected chi connectivity index (χ1v) is 4.27. The van der Waals surface area contributed by atoms with E-state index in [1.54, 1.807) is 6.07 Å². The number of phenolic OH excluding ortho intramolecular Hbond substituents is 1. The minimum Gasteiger partial charge on any atom is -0.506 e. The van der Waals surface area contributed by atoms with Gasteiger partial charge in [0.05, 0.1) is 16.8 Å². The molecule has 0 aliphatic rings. The summed E-state index contributed by atoms with van der Waals surface area (Å²) in [7, 11) is 0. The zero-order valence-electron chi connectivity index (χ0n) is 7.42. The molecule has 0 fully saturated rings. The maximum Gasteiger partial charge on any atom is 0.238 e. The monoisotopic (exact) mass is 228 g/mol. The lowest BCUT2D eigenvalue weighted by molar-refractivity contribution is -0.115. The fourth-order valence-electron chi connectivity index (χ4n) is 0.898. The van der Waals surface area contributed by atoms with Crippen LogP contribution in [0.4, 0.5) is 10.1 Å². The van der Waals surface area contributed by atoms with Crippen molar-refractivity contribution in [3.8, 4) is 11.8 Å². The number of rotatable bonds is 2. The molecule has 0 aliphatic heterocycles. The summed E-state index contributed by atoms with van der Waals surface area (Å²) < 4.78 is 13.1. The Bertz CT molecular complexity index is 442. The van der Waals surface area contributed by atoms with Crippen molar-refractivity contribution >= 4 is 23.2 Å². The van der Waals surface area contributed by atoms with E-state index in [-0.39, 0.29) is 17.1 Å². The van der Waals surface area contributed by atoms with Gasteiger partial charge >= 0.3 is 0 Å². The number of hydrogen-bond donors (Lipinski definition) is 2. The molecule has 0 bridgehead atoms. The quantitative estimate of drug-likeness (QED) is 0.761. The van der Waals surface area contributed by atoms with Crippen molar-refractivity contribution in [2.45, 2.75) is 6.42 Å². The smallest absolute Gasteiger partial charge is 0.238 e. The Morgan fingerprint density at radius 3 is 2.93 bits per heavy atom. The number of anilines is 1. The molecule has 0 unspecified atom stereocenters. The van der Waals surface area contributed by atoms with E-state index < -0.39 is 17.5 Å². The third-order valence-electron chi connectivity index (χ3n) is 1.55. The number of carbonyl (C=O) groups is 1. The van der Waals surface area contributed by atoms with E-state index in [9.17, 15) is 9.18 Å². The van der Waals surface area contributed by atoms with Crippen molar-refractivity contribution in [1.29, 1.82) is 5.26 Å². The second-order valence-electron chi connectivity index (χ2n) is 2.67. The van der Waals surface area contributed by atoms with Crippen molar-refractivity contribution < 1.29 is 14.3 Å². The number of aromatic hydroxyl groups is 1. The van der Waals surface area contributed by atoms with Crippen LogP contribution in [-0.2, 0) is 4.79 Å². The van der Waals surface area contributed by atoms with E-state index in [1.807, 2.05) is 0 Å². The number of benzene rings is 1. The normalized spacial score (nSPS) is 9.40. The lowest BCUT2D eigenvalue weighted by Crippen LogP contribution is -2.11. The zero-order chi connectivity index (χ0) is 11.4. The molecule has 0 heterocycles. The molecule has 1 aromatic carbocycles. The molecule has 1 aromatic rings. The summed E-state index contributed by atoms with van der Waals surface area (Å²) in [5.41, 5.74) is -0.168. The molecule has 0 atom stereocenters. The van der Waals surface area contributed by atoms with Crippen LogP contribution in [0, 0.1) is 17.1 Å². The Kier molecular flexibility index (Phi) is 3.47. The van der Waals surface area contributed by atoms with Gasteiger partial charge in [0.2, 0.25) is 5.91 Å². The van der Waals surface area contributed by atoms with Gasteiger partial charge in [-0.05, 0) is 6.07 Å². The lowest BCUT2D eigenvalue weighted by Gasteiger charge is -2.05. The van der Waals surface area contributed by atoms with Crippen molar-refractivity contribution in [1.82, 2.24) is 0 Å². The van der Waals surface area contributed by atoms with E-state index >= 15 is 0 Å². The molecule has 0 aromatic heterocycles. The van der Waals surface area contributed by atoms with E-state index in [2.05, 4.69) is 5.32 Å². The highest BCUT2D eigenvalue weighted by atomic mass is 35.5. The molecular weight excluding hydrogens is 223 g/mol. The predicted molar refractivity (Wildman–Crippen MR) is 51.9 cm³/mol. The minimum absolute atomic E-state index is 0.0799. The molecule has 6 heteroatoms. The van der Waals surface area contributed by atoms with Gasteiger partial charge in [-0.25, -0.2) is 4.39 Å². The molecule has 1 rings (SSSR count). The average Bonchev–Trinajstić information content (AvgIpc) is 2.14. The summed E-state index contributed by atoms with van der Waals surface area (Å²) in [6, 6.07) is 3.47. The molecule has 0 spiro atoms. The highest BCUT2D eigenvalue weighted by molar-refractivity contribution is 6.32. The molecule has 0 saturated heterocycles. The summed E-state index contributed by atoms with van der Waals surface area (Å²) in [6.45, 7) is 0. The molecule has 15 heavy (non-hydrogen) atoms. The van der Waals surface area contributed by atoms with Crippen LogP contribution in [0.2, 0.25) is 5.02 Å². The minimum atomic E-state index is -0.816. The van der Waals surface area contributed by atoms with Gasteiger partial charge < -0.3 is 10.4 Å². The molecule has 2 N–H and O–H groups in total. The SMILES string of the molecule is N#CCC(=O)Nc1cc(Cl)c(O)cc1F. The maximum atomic E-state index is 13.1. The lowest BCUT2D eigenvalue weighted by atomic mass is 10.2. The Balaban J connectivity index is 2.92. The van der Waals surface area contributed by atoms with Crippen LogP contribution in [0.3, 0.4) is 0 Å². The number of hydrogen-bond acceptors (Lipinski definition) is 3. The van der Waals surface area contributed by atoms with Gasteiger partial charge in [-0.2, -0.15) is 5.26 Å². The molecular formula is C9H6ClFN2O2. The number of nitrogens with one attached hydrogen (secondary N) is 1. The average molecular weight is 229 g/mol. The van der Waals surface area contributed by atoms with Crippen LogP contribution < -0.4 is 5.32 Å².